The van der Waals surface area contributed by atoms with E-state index in [1.54, 1.807) is 39.0 Å². The van der Waals surface area contributed by atoms with Crippen molar-refractivity contribution < 1.29 is 19.2 Å². The molecular formula is C18H24N4O5. The molecule has 0 fully saturated rings. The predicted octanol–water partition coefficient (Wildman–Crippen LogP) is 2.47. The number of rotatable bonds is 8. The Bertz CT molecular complexity index is 847. The van der Waals surface area contributed by atoms with Crippen LogP contribution in [0.5, 0.6) is 11.5 Å². The number of amides is 1. The number of carbonyl (C=O) groups is 1. The van der Waals surface area contributed by atoms with Crippen LogP contribution in [0.25, 0.3) is 0 Å². The standard InChI is InChI=1S/C18H24N4O5/c1-6-20(10-14-7-8-15(26-4)16(9-14)27-5)17(23)11-21-13(3)18(22(24)25)12(2)19-21/h7-9H,6,10-11H2,1-5H3. The van der Waals surface area contributed by atoms with Gasteiger partial charge in [-0.05, 0) is 38.5 Å². The van der Waals surface area contributed by atoms with E-state index in [1.165, 1.54) is 4.68 Å². The largest absolute Gasteiger partial charge is 0.493 e. The molecule has 0 radical (unpaired) electrons. The fourth-order valence-electron chi connectivity index (χ4n) is 2.91. The highest BCUT2D eigenvalue weighted by Gasteiger charge is 2.24. The summed E-state index contributed by atoms with van der Waals surface area (Å²) in [5, 5.41) is 15.3. The van der Waals surface area contributed by atoms with E-state index in [2.05, 4.69) is 5.10 Å². The molecule has 0 aliphatic rings. The number of hydrogen-bond acceptors (Lipinski definition) is 6. The van der Waals surface area contributed by atoms with Gasteiger partial charge in [0.15, 0.2) is 11.5 Å². The first-order chi connectivity index (χ1) is 12.8. The topological polar surface area (TPSA) is 99.7 Å². The molecule has 0 saturated carbocycles. The molecular weight excluding hydrogens is 352 g/mol. The molecule has 2 aromatic rings. The van der Waals surface area contributed by atoms with E-state index in [0.717, 1.165) is 5.56 Å². The van der Waals surface area contributed by atoms with Crippen LogP contribution in [0.2, 0.25) is 0 Å². The molecule has 2 rings (SSSR count). The van der Waals surface area contributed by atoms with Gasteiger partial charge >= 0.3 is 5.69 Å². The summed E-state index contributed by atoms with van der Waals surface area (Å²) in [5.41, 5.74) is 1.51. The molecule has 27 heavy (non-hydrogen) atoms. The molecule has 0 saturated heterocycles. The van der Waals surface area contributed by atoms with Crippen LogP contribution in [0.15, 0.2) is 18.2 Å². The minimum atomic E-state index is -0.472. The van der Waals surface area contributed by atoms with Crippen LogP contribution < -0.4 is 9.47 Å². The molecule has 146 valence electrons. The number of methoxy groups -OCH3 is 2. The Morgan fingerprint density at radius 3 is 2.44 bits per heavy atom. The lowest BCUT2D eigenvalue weighted by molar-refractivity contribution is -0.386. The summed E-state index contributed by atoms with van der Waals surface area (Å²) >= 11 is 0. The molecule has 0 atom stereocenters. The van der Waals surface area contributed by atoms with Gasteiger partial charge in [0, 0.05) is 13.1 Å². The second-order valence-corrected chi connectivity index (χ2v) is 6.03. The zero-order valence-electron chi connectivity index (χ0n) is 16.2. The van der Waals surface area contributed by atoms with Crippen LogP contribution in [-0.2, 0) is 17.9 Å². The molecule has 9 heteroatoms. The Morgan fingerprint density at radius 2 is 1.93 bits per heavy atom. The highest BCUT2D eigenvalue weighted by atomic mass is 16.6. The van der Waals surface area contributed by atoms with Crippen LogP contribution in [0.4, 0.5) is 5.69 Å². The van der Waals surface area contributed by atoms with E-state index in [4.69, 9.17) is 9.47 Å². The number of aromatic nitrogens is 2. The summed E-state index contributed by atoms with van der Waals surface area (Å²) in [6.07, 6.45) is 0. The number of likely N-dealkylation sites (N-methyl/N-ethyl adjacent to an activating group) is 1. The molecule has 0 aliphatic carbocycles. The maximum atomic E-state index is 12.7. The number of aryl methyl sites for hydroxylation is 1. The van der Waals surface area contributed by atoms with Gasteiger partial charge in [-0.25, -0.2) is 0 Å². The quantitative estimate of drug-likeness (QED) is 0.518. The number of nitro groups is 1. The van der Waals surface area contributed by atoms with E-state index >= 15 is 0 Å². The highest BCUT2D eigenvalue weighted by molar-refractivity contribution is 5.76. The molecule has 1 aromatic heterocycles. The normalized spacial score (nSPS) is 10.6. The van der Waals surface area contributed by atoms with Gasteiger partial charge in [-0.1, -0.05) is 6.07 Å². The van der Waals surface area contributed by atoms with Gasteiger partial charge in [-0.15, -0.1) is 0 Å². The van der Waals surface area contributed by atoms with E-state index in [9.17, 15) is 14.9 Å². The fourth-order valence-corrected chi connectivity index (χ4v) is 2.91. The molecule has 1 aromatic carbocycles. The Labute approximate surface area is 157 Å². The van der Waals surface area contributed by atoms with Crippen molar-refractivity contribution in [2.45, 2.75) is 33.9 Å². The van der Waals surface area contributed by atoms with Gasteiger partial charge in [0.05, 0.1) is 19.1 Å². The van der Waals surface area contributed by atoms with Crippen LogP contribution in [0, 0.1) is 24.0 Å². The van der Waals surface area contributed by atoms with Crippen LogP contribution >= 0.6 is 0 Å². The maximum Gasteiger partial charge on any atom is 0.312 e. The number of benzene rings is 1. The first-order valence-electron chi connectivity index (χ1n) is 8.49. The Balaban J connectivity index is 2.17. The summed E-state index contributed by atoms with van der Waals surface area (Å²) in [6, 6.07) is 5.48. The average molecular weight is 376 g/mol. The van der Waals surface area contributed by atoms with Crippen LogP contribution in [0.1, 0.15) is 23.9 Å². The molecule has 0 spiro atoms. The summed E-state index contributed by atoms with van der Waals surface area (Å²) < 4.78 is 11.9. The first kappa shape index (κ1) is 20.2. The predicted molar refractivity (Wildman–Crippen MR) is 99.0 cm³/mol. The van der Waals surface area contributed by atoms with Crippen LogP contribution in [0.3, 0.4) is 0 Å². The molecule has 0 N–H and O–H groups in total. The number of hydrogen-bond donors (Lipinski definition) is 0. The summed E-state index contributed by atoms with van der Waals surface area (Å²) in [6.45, 7) is 5.86. The monoisotopic (exact) mass is 376 g/mol. The van der Waals surface area contributed by atoms with Crippen molar-refractivity contribution >= 4 is 11.6 Å². The van der Waals surface area contributed by atoms with Crippen molar-refractivity contribution in [2.24, 2.45) is 0 Å². The molecule has 1 heterocycles. The van der Waals surface area contributed by atoms with E-state index < -0.39 is 4.92 Å². The molecule has 0 aliphatic heterocycles. The highest BCUT2D eigenvalue weighted by Crippen LogP contribution is 2.28. The molecule has 0 bridgehead atoms. The van der Waals surface area contributed by atoms with Gasteiger partial charge in [-0.3, -0.25) is 19.6 Å². The van der Waals surface area contributed by atoms with Gasteiger partial charge in [0.25, 0.3) is 0 Å². The summed E-state index contributed by atoms with van der Waals surface area (Å²) in [4.78, 5) is 25.0. The van der Waals surface area contributed by atoms with Crippen molar-refractivity contribution in [1.29, 1.82) is 0 Å². The number of carbonyl (C=O) groups excluding carboxylic acids is 1. The van der Waals surface area contributed by atoms with Gasteiger partial charge < -0.3 is 14.4 Å². The lowest BCUT2D eigenvalue weighted by atomic mass is 10.2. The molecule has 0 unspecified atom stereocenters. The minimum absolute atomic E-state index is 0.0502. The minimum Gasteiger partial charge on any atom is -0.493 e. The maximum absolute atomic E-state index is 12.7. The number of ether oxygens (including phenoxy) is 2. The second-order valence-electron chi connectivity index (χ2n) is 6.03. The third kappa shape index (κ3) is 4.36. The van der Waals surface area contributed by atoms with Crippen molar-refractivity contribution in [3.05, 3.63) is 45.3 Å². The van der Waals surface area contributed by atoms with Gasteiger partial charge in [0.2, 0.25) is 5.91 Å². The van der Waals surface area contributed by atoms with Crippen LogP contribution in [-0.4, -0.2) is 46.3 Å². The zero-order chi connectivity index (χ0) is 20.1. The number of nitrogens with zero attached hydrogens (tertiary/aromatic N) is 4. The lowest BCUT2D eigenvalue weighted by Crippen LogP contribution is -2.33. The fraction of sp³-hybridized carbons (Fsp3) is 0.444. The lowest BCUT2D eigenvalue weighted by Gasteiger charge is -2.22. The Morgan fingerprint density at radius 1 is 1.26 bits per heavy atom. The third-order valence-corrected chi connectivity index (χ3v) is 4.37. The van der Waals surface area contributed by atoms with Gasteiger partial charge in [0.1, 0.15) is 17.9 Å². The van der Waals surface area contributed by atoms with Crippen molar-refractivity contribution in [3.63, 3.8) is 0 Å². The van der Waals surface area contributed by atoms with Crippen molar-refractivity contribution in [3.8, 4) is 11.5 Å². The van der Waals surface area contributed by atoms with Crippen molar-refractivity contribution in [1.82, 2.24) is 14.7 Å². The third-order valence-electron chi connectivity index (χ3n) is 4.37. The molecule has 9 nitrogen and oxygen atoms in total. The average Bonchev–Trinajstić information content (AvgIpc) is 2.92. The second kappa shape index (κ2) is 8.52. The van der Waals surface area contributed by atoms with E-state index in [1.807, 2.05) is 19.1 Å². The van der Waals surface area contributed by atoms with Gasteiger partial charge in [-0.2, -0.15) is 5.10 Å². The van der Waals surface area contributed by atoms with E-state index in [0.29, 0.717) is 36.0 Å². The Hall–Kier alpha value is -3.10. The summed E-state index contributed by atoms with van der Waals surface area (Å²) in [5.74, 6) is 1.03. The molecule has 1 amide bonds. The van der Waals surface area contributed by atoms with Crippen molar-refractivity contribution in [2.75, 3.05) is 20.8 Å². The smallest absolute Gasteiger partial charge is 0.312 e. The Kier molecular flexibility index (Phi) is 6.38. The first-order valence-corrected chi connectivity index (χ1v) is 8.49. The summed E-state index contributed by atoms with van der Waals surface area (Å²) in [7, 11) is 3.12. The van der Waals surface area contributed by atoms with E-state index in [-0.39, 0.29) is 18.1 Å². The zero-order valence-corrected chi connectivity index (χ0v) is 16.2. The SMILES string of the molecule is CCN(Cc1ccc(OC)c(OC)c1)C(=O)Cn1nc(C)c([N+](=O)[O-])c1C.